The molecular weight excluding hydrogens is 459 g/mol. The van der Waals surface area contributed by atoms with Crippen LogP contribution in [0.15, 0.2) is 11.4 Å². The van der Waals surface area contributed by atoms with Crippen LogP contribution in [0.5, 0.6) is 0 Å². The number of piperidine rings is 1. The molecule has 1 atom stereocenters. The van der Waals surface area contributed by atoms with Crippen LogP contribution in [0, 0.1) is 0 Å². The molecule has 2 amide bonds. The van der Waals surface area contributed by atoms with E-state index in [1.54, 1.807) is 13.8 Å². The van der Waals surface area contributed by atoms with Crippen molar-refractivity contribution < 1.29 is 36.3 Å². The van der Waals surface area contributed by atoms with Crippen molar-refractivity contribution in [1.29, 1.82) is 0 Å². The van der Waals surface area contributed by atoms with E-state index in [9.17, 15) is 31.5 Å². The van der Waals surface area contributed by atoms with Crippen LogP contribution < -0.4 is 15.5 Å². The summed E-state index contributed by atoms with van der Waals surface area (Å²) in [7, 11) is 1.32. The van der Waals surface area contributed by atoms with Crippen molar-refractivity contribution in [1.82, 2.24) is 15.6 Å². The van der Waals surface area contributed by atoms with Gasteiger partial charge in [-0.05, 0) is 19.9 Å². The van der Waals surface area contributed by atoms with E-state index in [0.717, 1.165) is 4.90 Å². The monoisotopic (exact) mass is 480 g/mol. The number of aromatic nitrogens is 1. The summed E-state index contributed by atoms with van der Waals surface area (Å²) in [6.07, 6.45) is -7.82. The normalized spacial score (nSPS) is 18.7. The van der Waals surface area contributed by atoms with E-state index in [1.165, 1.54) is 12.4 Å². The van der Waals surface area contributed by atoms with Crippen LogP contribution in [0.1, 0.15) is 36.2 Å². The molecule has 2 aromatic rings. The molecule has 0 aliphatic carbocycles. The van der Waals surface area contributed by atoms with Gasteiger partial charge in [-0.3, -0.25) is 4.79 Å². The minimum absolute atomic E-state index is 0.0739. The average Bonchev–Trinajstić information content (AvgIpc) is 3.10. The lowest BCUT2D eigenvalue weighted by Crippen LogP contribution is -2.54. The number of carbonyl (C=O) groups is 2. The Balaban J connectivity index is 1.94. The van der Waals surface area contributed by atoms with Crippen LogP contribution >= 0.6 is 11.3 Å². The highest BCUT2D eigenvalue weighted by molar-refractivity contribution is 7.17. The van der Waals surface area contributed by atoms with Crippen LogP contribution in [0.25, 0.3) is 10.2 Å². The topological polar surface area (TPSA) is 83.6 Å². The molecule has 0 aromatic carbocycles. The van der Waals surface area contributed by atoms with Crippen LogP contribution in [0.4, 0.5) is 32.6 Å². The zero-order chi connectivity index (χ0) is 23.8. The predicted molar refractivity (Wildman–Crippen MR) is 108 cm³/mol. The first-order chi connectivity index (χ1) is 14.8. The summed E-state index contributed by atoms with van der Waals surface area (Å²) in [5.74, 6) is -4.50. The molecule has 32 heavy (non-hydrogen) atoms. The minimum Gasteiger partial charge on any atom is -0.440 e. The molecule has 0 spiro atoms. The molecule has 7 nitrogen and oxygen atoms in total. The first-order valence-electron chi connectivity index (χ1n) is 9.65. The van der Waals surface area contributed by atoms with Crippen LogP contribution in [0.3, 0.4) is 0 Å². The van der Waals surface area contributed by atoms with Crippen molar-refractivity contribution in [3.05, 3.63) is 22.6 Å². The van der Waals surface area contributed by atoms with E-state index in [-0.39, 0.29) is 40.6 Å². The van der Waals surface area contributed by atoms with Gasteiger partial charge < -0.3 is 20.3 Å². The number of amides is 2. The molecule has 3 rings (SSSR count). The number of halogens is 5. The molecular formula is C19H21F5N4O3S. The third kappa shape index (κ3) is 4.87. The maximum Gasteiger partial charge on any atom is 0.417 e. The van der Waals surface area contributed by atoms with Gasteiger partial charge in [0.05, 0.1) is 27.9 Å². The molecule has 1 saturated heterocycles. The number of hydrogen-bond acceptors (Lipinski definition) is 6. The Morgan fingerprint density at radius 3 is 2.59 bits per heavy atom. The third-order valence-corrected chi connectivity index (χ3v) is 5.80. The maximum absolute atomic E-state index is 14.7. The quantitative estimate of drug-likeness (QED) is 0.646. The number of anilines is 1. The number of carbonyl (C=O) groups excluding carboxylic acids is 2. The summed E-state index contributed by atoms with van der Waals surface area (Å²) in [5.41, 5.74) is -1.34. The van der Waals surface area contributed by atoms with Gasteiger partial charge in [0, 0.05) is 31.4 Å². The number of nitrogens with zero attached hydrogens (tertiary/aromatic N) is 2. The van der Waals surface area contributed by atoms with Gasteiger partial charge in [0.15, 0.2) is 6.10 Å². The van der Waals surface area contributed by atoms with Gasteiger partial charge in [0.25, 0.3) is 5.91 Å². The fraction of sp³-hybridized carbons (Fsp3) is 0.526. The van der Waals surface area contributed by atoms with E-state index >= 15 is 0 Å². The lowest BCUT2D eigenvalue weighted by molar-refractivity contribution is -0.136. The van der Waals surface area contributed by atoms with Crippen molar-refractivity contribution in [3.8, 4) is 0 Å². The predicted octanol–water partition coefficient (Wildman–Crippen LogP) is 4.02. The fourth-order valence-corrected chi connectivity index (χ4v) is 4.35. The number of nitrogens with one attached hydrogen (secondary N) is 2. The highest BCUT2D eigenvalue weighted by atomic mass is 32.1. The van der Waals surface area contributed by atoms with Crippen molar-refractivity contribution in [3.63, 3.8) is 0 Å². The average molecular weight is 480 g/mol. The maximum atomic E-state index is 14.7. The van der Waals surface area contributed by atoms with Crippen LogP contribution in [0.2, 0.25) is 0 Å². The van der Waals surface area contributed by atoms with E-state index in [2.05, 4.69) is 15.6 Å². The molecule has 0 saturated carbocycles. The third-order valence-electron chi connectivity index (χ3n) is 4.80. The molecule has 2 N–H and O–H groups in total. The Morgan fingerprint density at radius 1 is 1.34 bits per heavy atom. The van der Waals surface area contributed by atoms with Gasteiger partial charge in [-0.2, -0.15) is 13.2 Å². The second kappa shape index (κ2) is 8.68. The summed E-state index contributed by atoms with van der Waals surface area (Å²) in [6.45, 7) is 2.16. The molecule has 13 heteroatoms. The van der Waals surface area contributed by atoms with E-state index in [0.29, 0.717) is 17.4 Å². The zero-order valence-electron chi connectivity index (χ0n) is 17.3. The highest BCUT2D eigenvalue weighted by Gasteiger charge is 2.48. The second-order valence-electron chi connectivity index (χ2n) is 7.60. The smallest absolute Gasteiger partial charge is 0.417 e. The summed E-state index contributed by atoms with van der Waals surface area (Å²) < 4.78 is 75.0. The van der Waals surface area contributed by atoms with Crippen molar-refractivity contribution in [2.75, 3.05) is 25.0 Å². The van der Waals surface area contributed by atoms with Gasteiger partial charge in [-0.1, -0.05) is 0 Å². The van der Waals surface area contributed by atoms with Crippen molar-refractivity contribution in [2.45, 2.75) is 44.5 Å². The number of alkyl carbamates (subject to hydrolysis) is 1. The number of fused-ring (bicyclic) bond motifs is 1. The SMILES string of the molecule is CNC(=O)c1csc2c(C(F)(F)F)cc(N3CCC(OC(=O)NC(C)C)C(F)(F)C3)nc12. The van der Waals surface area contributed by atoms with Gasteiger partial charge in [-0.15, -0.1) is 11.3 Å². The number of pyridine rings is 1. The zero-order valence-corrected chi connectivity index (χ0v) is 18.2. The molecule has 1 aliphatic heterocycles. The lowest BCUT2D eigenvalue weighted by atomic mass is 10.0. The molecule has 2 aromatic heterocycles. The Labute approximate surface area is 183 Å². The van der Waals surface area contributed by atoms with Crippen molar-refractivity contribution in [2.24, 2.45) is 0 Å². The molecule has 0 bridgehead atoms. The Kier molecular flexibility index (Phi) is 6.50. The van der Waals surface area contributed by atoms with Crippen LogP contribution in [-0.2, 0) is 10.9 Å². The molecule has 1 fully saturated rings. The van der Waals surface area contributed by atoms with E-state index in [1.807, 2.05) is 0 Å². The van der Waals surface area contributed by atoms with Gasteiger partial charge in [0.2, 0.25) is 0 Å². The number of thiophene rings is 1. The number of ether oxygens (including phenoxy) is 1. The fourth-order valence-electron chi connectivity index (χ4n) is 3.32. The molecule has 3 heterocycles. The van der Waals surface area contributed by atoms with Gasteiger partial charge in [0.1, 0.15) is 5.82 Å². The molecule has 1 unspecified atom stereocenters. The van der Waals surface area contributed by atoms with E-state index < -0.39 is 42.3 Å². The summed E-state index contributed by atoms with van der Waals surface area (Å²) >= 11 is 0.704. The largest absolute Gasteiger partial charge is 0.440 e. The lowest BCUT2D eigenvalue weighted by Gasteiger charge is -2.38. The second-order valence-corrected chi connectivity index (χ2v) is 8.48. The Hall–Kier alpha value is -2.70. The first-order valence-corrected chi connectivity index (χ1v) is 10.5. The Bertz CT molecular complexity index is 1020. The minimum atomic E-state index is -4.78. The number of hydrogen-bond donors (Lipinski definition) is 2. The van der Waals surface area contributed by atoms with Gasteiger partial charge >= 0.3 is 18.2 Å². The van der Waals surface area contributed by atoms with Crippen molar-refractivity contribution >= 4 is 39.4 Å². The molecule has 1 aliphatic rings. The first kappa shape index (κ1) is 24.0. The highest BCUT2D eigenvalue weighted by Crippen LogP contribution is 2.41. The van der Waals surface area contributed by atoms with Crippen LogP contribution in [-0.4, -0.2) is 55.2 Å². The number of rotatable bonds is 4. The van der Waals surface area contributed by atoms with Gasteiger partial charge in [-0.25, -0.2) is 18.6 Å². The molecule has 0 radical (unpaired) electrons. The molecule has 176 valence electrons. The standard InChI is InChI=1S/C19H21F5N4O3S/c1-9(2)26-17(30)31-12-4-5-28(8-18(12,20)21)13-6-11(19(22,23)24)15-14(27-13)10(7-32-15)16(29)25-3/h6-7,9,12H,4-5,8H2,1-3H3,(H,25,29)(H,26,30). The number of alkyl halides is 5. The summed E-state index contributed by atoms with van der Waals surface area (Å²) in [5, 5.41) is 5.93. The summed E-state index contributed by atoms with van der Waals surface area (Å²) in [4.78, 5) is 28.9. The Morgan fingerprint density at radius 2 is 2.03 bits per heavy atom. The summed E-state index contributed by atoms with van der Waals surface area (Å²) in [6, 6.07) is 0.392. The van der Waals surface area contributed by atoms with E-state index in [4.69, 9.17) is 4.74 Å².